The van der Waals surface area contributed by atoms with Gasteiger partial charge in [-0.05, 0) is 30.3 Å². The maximum atomic E-state index is 13.0. The molecule has 27 heavy (non-hydrogen) atoms. The van der Waals surface area contributed by atoms with Crippen molar-refractivity contribution in [3.05, 3.63) is 54.4 Å². The van der Waals surface area contributed by atoms with Gasteiger partial charge in [0.1, 0.15) is 23.8 Å². The Kier molecular flexibility index (Phi) is 5.60. The Morgan fingerprint density at radius 1 is 1.26 bits per heavy atom. The Labute approximate surface area is 155 Å². The fourth-order valence-corrected chi connectivity index (χ4v) is 2.88. The molecule has 2 heterocycles. The zero-order valence-electron chi connectivity index (χ0n) is 14.5. The average Bonchev–Trinajstić information content (AvgIpc) is 2.67. The first-order chi connectivity index (χ1) is 13.0. The lowest BCUT2D eigenvalue weighted by Gasteiger charge is -2.41. The lowest BCUT2D eigenvalue weighted by atomic mass is 9.97. The SMILES string of the molecule is NC(=O)C[C@@]1(COc2ccc(F)cc2)CN(C(=O)c2ncccn2)CCO1. The Balaban J connectivity index is 1.75. The minimum absolute atomic E-state index is 0.0268. The fourth-order valence-electron chi connectivity index (χ4n) is 2.88. The van der Waals surface area contributed by atoms with Gasteiger partial charge in [-0.2, -0.15) is 0 Å². The van der Waals surface area contributed by atoms with Crippen molar-refractivity contribution < 1.29 is 23.5 Å². The van der Waals surface area contributed by atoms with Gasteiger partial charge in [-0.1, -0.05) is 0 Å². The highest BCUT2D eigenvalue weighted by Gasteiger charge is 2.41. The number of nitrogens with zero attached hydrogens (tertiary/aromatic N) is 3. The molecule has 0 radical (unpaired) electrons. The summed E-state index contributed by atoms with van der Waals surface area (Å²) < 4.78 is 24.5. The van der Waals surface area contributed by atoms with Crippen LogP contribution in [0.1, 0.15) is 17.0 Å². The number of halogens is 1. The number of rotatable bonds is 6. The van der Waals surface area contributed by atoms with E-state index in [4.69, 9.17) is 15.2 Å². The van der Waals surface area contributed by atoms with Crippen molar-refractivity contribution in [2.45, 2.75) is 12.0 Å². The molecule has 2 aromatic rings. The molecule has 2 N–H and O–H groups in total. The van der Waals surface area contributed by atoms with Crippen LogP contribution in [0.5, 0.6) is 5.75 Å². The molecule has 0 bridgehead atoms. The smallest absolute Gasteiger partial charge is 0.291 e. The average molecular weight is 374 g/mol. The topological polar surface area (TPSA) is 108 Å². The fraction of sp³-hybridized carbons (Fsp3) is 0.333. The Morgan fingerprint density at radius 3 is 2.63 bits per heavy atom. The second-order valence-corrected chi connectivity index (χ2v) is 6.22. The molecule has 2 amide bonds. The summed E-state index contributed by atoms with van der Waals surface area (Å²) in [4.78, 5) is 33.7. The lowest BCUT2D eigenvalue weighted by molar-refractivity contribution is -0.142. The molecule has 8 nitrogen and oxygen atoms in total. The number of aromatic nitrogens is 2. The van der Waals surface area contributed by atoms with Gasteiger partial charge in [0.2, 0.25) is 11.7 Å². The number of carbonyl (C=O) groups excluding carboxylic acids is 2. The maximum Gasteiger partial charge on any atom is 0.291 e. The van der Waals surface area contributed by atoms with Gasteiger partial charge in [-0.3, -0.25) is 9.59 Å². The van der Waals surface area contributed by atoms with Crippen LogP contribution in [-0.2, 0) is 9.53 Å². The van der Waals surface area contributed by atoms with Crippen molar-refractivity contribution in [3.8, 4) is 5.75 Å². The highest BCUT2D eigenvalue weighted by Crippen LogP contribution is 2.25. The van der Waals surface area contributed by atoms with Crippen LogP contribution in [0.2, 0.25) is 0 Å². The van der Waals surface area contributed by atoms with E-state index in [-0.39, 0.29) is 43.7 Å². The zero-order chi connectivity index (χ0) is 19.3. The number of hydrogen-bond donors (Lipinski definition) is 1. The van der Waals surface area contributed by atoms with Gasteiger partial charge < -0.3 is 20.1 Å². The quantitative estimate of drug-likeness (QED) is 0.801. The highest BCUT2D eigenvalue weighted by atomic mass is 19.1. The van der Waals surface area contributed by atoms with Gasteiger partial charge in [0.25, 0.3) is 5.91 Å². The summed E-state index contributed by atoms with van der Waals surface area (Å²) in [5.74, 6) is -0.856. The second-order valence-electron chi connectivity index (χ2n) is 6.22. The third kappa shape index (κ3) is 4.76. The van der Waals surface area contributed by atoms with Crippen LogP contribution in [0, 0.1) is 5.82 Å². The minimum Gasteiger partial charge on any atom is -0.490 e. The molecule has 0 aliphatic carbocycles. The van der Waals surface area contributed by atoms with E-state index < -0.39 is 11.5 Å². The molecular formula is C18H19FN4O4. The molecule has 0 spiro atoms. The van der Waals surface area contributed by atoms with Gasteiger partial charge in [-0.25, -0.2) is 14.4 Å². The standard InChI is InChI=1S/C18H19FN4O4/c19-13-2-4-14(5-3-13)26-12-18(10-15(20)24)11-23(8-9-27-18)17(25)16-21-6-1-7-22-16/h1-7H,8-12H2,(H2,20,24)/t18-/m0/s1. The summed E-state index contributed by atoms with van der Waals surface area (Å²) in [6, 6.07) is 7.08. The molecule has 1 atom stereocenters. The van der Waals surface area contributed by atoms with Crippen LogP contribution in [0.3, 0.4) is 0 Å². The number of hydrogen-bond acceptors (Lipinski definition) is 6. The van der Waals surface area contributed by atoms with Crippen molar-refractivity contribution in [3.63, 3.8) is 0 Å². The summed E-state index contributed by atoms with van der Waals surface area (Å²) in [6.07, 6.45) is 2.83. The van der Waals surface area contributed by atoms with E-state index in [1.54, 1.807) is 6.07 Å². The molecule has 1 aromatic heterocycles. The highest BCUT2D eigenvalue weighted by molar-refractivity contribution is 5.90. The summed E-state index contributed by atoms with van der Waals surface area (Å²) in [6.45, 7) is 0.599. The molecule has 1 aliphatic heterocycles. The first-order valence-electron chi connectivity index (χ1n) is 8.34. The molecule has 1 aliphatic rings. The Bertz CT molecular complexity index is 803. The van der Waals surface area contributed by atoms with Gasteiger partial charge in [0.05, 0.1) is 19.6 Å². The van der Waals surface area contributed by atoms with Crippen LogP contribution < -0.4 is 10.5 Å². The first-order valence-corrected chi connectivity index (χ1v) is 8.34. The van der Waals surface area contributed by atoms with Crippen LogP contribution in [0.15, 0.2) is 42.7 Å². The van der Waals surface area contributed by atoms with Crippen molar-refractivity contribution in [2.75, 3.05) is 26.3 Å². The predicted octanol–water partition coefficient (Wildman–Crippen LogP) is 0.781. The largest absolute Gasteiger partial charge is 0.490 e. The number of ether oxygens (including phenoxy) is 2. The van der Waals surface area contributed by atoms with E-state index in [1.807, 2.05) is 0 Å². The number of morpholine rings is 1. The Hall–Kier alpha value is -3.07. The van der Waals surface area contributed by atoms with Crippen molar-refractivity contribution in [1.29, 1.82) is 0 Å². The van der Waals surface area contributed by atoms with Crippen LogP contribution in [0.25, 0.3) is 0 Å². The summed E-state index contributed by atoms with van der Waals surface area (Å²) >= 11 is 0. The maximum absolute atomic E-state index is 13.0. The molecule has 0 unspecified atom stereocenters. The van der Waals surface area contributed by atoms with E-state index in [1.165, 1.54) is 41.6 Å². The third-order valence-corrected chi connectivity index (χ3v) is 4.10. The van der Waals surface area contributed by atoms with E-state index in [9.17, 15) is 14.0 Å². The summed E-state index contributed by atoms with van der Waals surface area (Å²) in [5, 5.41) is 0. The van der Waals surface area contributed by atoms with Gasteiger partial charge >= 0.3 is 0 Å². The number of amides is 2. The van der Waals surface area contributed by atoms with Crippen LogP contribution in [0.4, 0.5) is 4.39 Å². The molecule has 1 saturated heterocycles. The molecule has 0 saturated carbocycles. The monoisotopic (exact) mass is 374 g/mol. The van der Waals surface area contributed by atoms with Gasteiger partial charge in [-0.15, -0.1) is 0 Å². The minimum atomic E-state index is -1.11. The number of nitrogens with two attached hydrogens (primary N) is 1. The van der Waals surface area contributed by atoms with E-state index in [0.717, 1.165) is 0 Å². The zero-order valence-corrected chi connectivity index (χ0v) is 14.5. The van der Waals surface area contributed by atoms with Crippen LogP contribution >= 0.6 is 0 Å². The van der Waals surface area contributed by atoms with E-state index in [0.29, 0.717) is 12.3 Å². The van der Waals surface area contributed by atoms with Gasteiger partial charge in [0.15, 0.2) is 0 Å². The predicted molar refractivity (Wildman–Crippen MR) is 92.3 cm³/mol. The molecule has 142 valence electrons. The Morgan fingerprint density at radius 2 is 1.96 bits per heavy atom. The van der Waals surface area contributed by atoms with E-state index >= 15 is 0 Å². The molecule has 1 aromatic carbocycles. The van der Waals surface area contributed by atoms with E-state index in [2.05, 4.69) is 9.97 Å². The molecule has 9 heteroatoms. The normalized spacial score (nSPS) is 19.5. The third-order valence-electron chi connectivity index (χ3n) is 4.10. The molecule has 3 rings (SSSR count). The van der Waals surface area contributed by atoms with Gasteiger partial charge in [0, 0.05) is 18.9 Å². The molecule has 1 fully saturated rings. The number of benzene rings is 1. The summed E-state index contributed by atoms with van der Waals surface area (Å²) in [7, 11) is 0. The lowest BCUT2D eigenvalue weighted by Crippen LogP contribution is -2.58. The second kappa shape index (κ2) is 8.09. The van der Waals surface area contributed by atoms with Crippen molar-refractivity contribution in [1.82, 2.24) is 14.9 Å². The number of primary amides is 1. The first kappa shape index (κ1) is 18.7. The summed E-state index contributed by atoms with van der Waals surface area (Å²) in [5.41, 5.74) is 4.27. The van der Waals surface area contributed by atoms with Crippen LogP contribution in [-0.4, -0.2) is 58.6 Å². The van der Waals surface area contributed by atoms with Crippen molar-refractivity contribution >= 4 is 11.8 Å². The van der Waals surface area contributed by atoms with Crippen molar-refractivity contribution in [2.24, 2.45) is 5.73 Å². The molecular weight excluding hydrogens is 355 g/mol. The number of carbonyl (C=O) groups is 2.